The van der Waals surface area contributed by atoms with Crippen LogP contribution in [0.15, 0.2) is 42.5 Å². The van der Waals surface area contributed by atoms with Crippen molar-refractivity contribution in [2.75, 3.05) is 0 Å². The molecule has 4 nitrogen and oxygen atoms in total. The molecule has 0 saturated carbocycles. The van der Waals surface area contributed by atoms with Crippen molar-refractivity contribution >= 4 is 23.2 Å². The smallest absolute Gasteiger partial charge is 0.304 e. The first-order chi connectivity index (χ1) is 13.9. The number of amides is 1. The summed E-state index contributed by atoms with van der Waals surface area (Å²) in [6, 6.07) is 14.6. The van der Waals surface area contributed by atoms with E-state index in [1.54, 1.807) is 11.3 Å². The number of nitrogens with one attached hydrogen (secondary N) is 1. The number of thiophene rings is 1. The second-order valence-corrected chi connectivity index (χ2v) is 8.32. The van der Waals surface area contributed by atoms with Gasteiger partial charge in [-0.3, -0.25) is 9.59 Å². The minimum absolute atomic E-state index is 0.0254. The van der Waals surface area contributed by atoms with E-state index in [4.69, 9.17) is 4.74 Å². The van der Waals surface area contributed by atoms with E-state index < -0.39 is 12.2 Å². The van der Waals surface area contributed by atoms with Crippen LogP contribution in [-0.4, -0.2) is 18.1 Å². The number of carbonyl (C=O) groups is 2. The summed E-state index contributed by atoms with van der Waals surface area (Å²) in [6.45, 7) is 4.75. The number of unbranched alkanes of at least 4 members (excludes halogenated alkanes) is 1. The molecule has 29 heavy (non-hydrogen) atoms. The Balaban J connectivity index is 1.77. The van der Waals surface area contributed by atoms with Crippen LogP contribution >= 0.6 is 11.3 Å². The number of carbonyl (C=O) groups excluding carboxylic acids is 2. The van der Waals surface area contributed by atoms with E-state index >= 15 is 0 Å². The van der Waals surface area contributed by atoms with E-state index in [-0.39, 0.29) is 11.8 Å². The Bertz CT molecular complexity index is 832. The molecule has 0 fully saturated rings. The first-order valence-electron chi connectivity index (χ1n) is 10.00. The molecule has 5 heteroatoms. The molecule has 1 heterocycles. The maximum Gasteiger partial charge on any atom is 0.304 e. The lowest BCUT2D eigenvalue weighted by molar-refractivity contribution is -0.152. The number of ether oxygens (including phenoxy) is 1. The summed E-state index contributed by atoms with van der Waals surface area (Å²) >= 11 is 1.70. The Morgan fingerprint density at radius 1 is 1.10 bits per heavy atom. The van der Waals surface area contributed by atoms with Crippen LogP contribution in [0.2, 0.25) is 0 Å². The molecular weight excluding hydrogens is 382 g/mol. The minimum Gasteiger partial charge on any atom is -0.442 e. The van der Waals surface area contributed by atoms with Gasteiger partial charge in [0.25, 0.3) is 0 Å². The zero-order chi connectivity index (χ0) is 21.1. The standard InChI is InChI=1S/C24H29NO3S/c1-18(24(25-19(2)26)28-20(3)27)14-15-23-17-16-22(29-23)13-9-5-8-12-21-10-6-4-7-11-21/h4,6-7,10-11,16-18,24H,5,8,12,14-15H2,1-3H3,(H,25,26). The predicted molar refractivity (Wildman–Crippen MR) is 117 cm³/mol. The van der Waals surface area contributed by atoms with Gasteiger partial charge in [-0.05, 0) is 43.4 Å². The largest absolute Gasteiger partial charge is 0.442 e. The fraction of sp³-hybridized carbons (Fsp3) is 0.417. The zero-order valence-electron chi connectivity index (χ0n) is 17.4. The fourth-order valence-electron chi connectivity index (χ4n) is 2.94. The quantitative estimate of drug-likeness (QED) is 0.281. The lowest BCUT2D eigenvalue weighted by atomic mass is 10.0. The molecule has 0 spiro atoms. The molecule has 1 N–H and O–H groups in total. The van der Waals surface area contributed by atoms with Crippen LogP contribution in [-0.2, 0) is 27.2 Å². The topological polar surface area (TPSA) is 55.4 Å². The van der Waals surface area contributed by atoms with Gasteiger partial charge in [-0.1, -0.05) is 49.1 Å². The molecule has 1 amide bonds. The van der Waals surface area contributed by atoms with Crippen molar-refractivity contribution < 1.29 is 14.3 Å². The van der Waals surface area contributed by atoms with Gasteiger partial charge in [-0.25, -0.2) is 0 Å². The van der Waals surface area contributed by atoms with Crippen molar-refractivity contribution in [1.29, 1.82) is 0 Å². The van der Waals surface area contributed by atoms with E-state index in [0.717, 1.165) is 37.0 Å². The zero-order valence-corrected chi connectivity index (χ0v) is 18.2. The maximum atomic E-state index is 11.3. The first-order valence-corrected chi connectivity index (χ1v) is 10.8. The summed E-state index contributed by atoms with van der Waals surface area (Å²) in [6.07, 6.45) is 4.09. The van der Waals surface area contributed by atoms with E-state index in [9.17, 15) is 9.59 Å². The molecule has 2 atom stereocenters. The van der Waals surface area contributed by atoms with Crippen LogP contribution in [0.25, 0.3) is 0 Å². The van der Waals surface area contributed by atoms with E-state index in [2.05, 4.69) is 53.6 Å². The number of rotatable bonds is 9. The molecule has 0 radical (unpaired) electrons. The summed E-state index contributed by atoms with van der Waals surface area (Å²) in [5, 5.41) is 2.70. The van der Waals surface area contributed by atoms with Crippen molar-refractivity contribution in [3.8, 4) is 11.8 Å². The number of hydrogen-bond acceptors (Lipinski definition) is 4. The molecule has 0 bridgehead atoms. The average Bonchev–Trinajstić information content (AvgIpc) is 3.13. The Kier molecular flexibility index (Phi) is 9.46. The van der Waals surface area contributed by atoms with Crippen LogP contribution in [0.4, 0.5) is 0 Å². The van der Waals surface area contributed by atoms with Crippen LogP contribution in [0.1, 0.15) is 55.4 Å². The van der Waals surface area contributed by atoms with Crippen LogP contribution < -0.4 is 5.32 Å². The van der Waals surface area contributed by atoms with Crippen molar-refractivity contribution in [3.63, 3.8) is 0 Å². The molecule has 0 aliphatic heterocycles. The van der Waals surface area contributed by atoms with Gasteiger partial charge in [0.2, 0.25) is 5.91 Å². The Morgan fingerprint density at radius 3 is 2.55 bits per heavy atom. The first kappa shape index (κ1) is 22.7. The van der Waals surface area contributed by atoms with Crippen molar-refractivity contribution in [2.45, 2.75) is 59.1 Å². The summed E-state index contributed by atoms with van der Waals surface area (Å²) in [5.74, 6) is 5.95. The lowest BCUT2D eigenvalue weighted by Crippen LogP contribution is -2.41. The molecule has 0 aliphatic carbocycles. The molecule has 1 aromatic heterocycles. The number of aryl methyl sites for hydroxylation is 2. The molecule has 2 unspecified atom stereocenters. The van der Waals surface area contributed by atoms with Gasteiger partial charge >= 0.3 is 5.97 Å². The second kappa shape index (κ2) is 12.1. The van der Waals surface area contributed by atoms with Crippen molar-refractivity contribution in [3.05, 3.63) is 57.8 Å². The minimum atomic E-state index is -0.589. The Hall–Kier alpha value is -2.58. The van der Waals surface area contributed by atoms with Crippen LogP contribution in [0.5, 0.6) is 0 Å². The fourth-order valence-corrected chi connectivity index (χ4v) is 3.84. The predicted octanol–water partition coefficient (Wildman–Crippen LogP) is 4.72. The van der Waals surface area contributed by atoms with E-state index in [1.165, 1.54) is 24.3 Å². The van der Waals surface area contributed by atoms with Crippen molar-refractivity contribution in [1.82, 2.24) is 5.32 Å². The molecule has 0 aliphatic rings. The normalized spacial score (nSPS) is 12.4. The van der Waals surface area contributed by atoms with Gasteiger partial charge in [0.1, 0.15) is 0 Å². The van der Waals surface area contributed by atoms with Crippen LogP contribution in [0.3, 0.4) is 0 Å². The van der Waals surface area contributed by atoms with Gasteiger partial charge in [-0.15, -0.1) is 11.3 Å². The van der Waals surface area contributed by atoms with Gasteiger partial charge in [-0.2, -0.15) is 0 Å². The highest BCUT2D eigenvalue weighted by molar-refractivity contribution is 7.12. The lowest BCUT2D eigenvalue weighted by Gasteiger charge is -2.23. The Labute approximate surface area is 177 Å². The van der Waals surface area contributed by atoms with Gasteiger partial charge in [0.05, 0.1) is 4.88 Å². The molecule has 1 aromatic carbocycles. The number of benzene rings is 1. The van der Waals surface area contributed by atoms with Gasteiger partial charge < -0.3 is 10.1 Å². The highest BCUT2D eigenvalue weighted by Gasteiger charge is 2.21. The van der Waals surface area contributed by atoms with E-state index in [1.807, 2.05) is 13.0 Å². The van der Waals surface area contributed by atoms with Crippen molar-refractivity contribution in [2.24, 2.45) is 5.92 Å². The summed E-state index contributed by atoms with van der Waals surface area (Å²) in [7, 11) is 0. The van der Waals surface area contributed by atoms with E-state index in [0.29, 0.717) is 0 Å². The molecular formula is C24H29NO3S. The van der Waals surface area contributed by atoms with Gasteiger partial charge in [0.15, 0.2) is 6.23 Å². The average molecular weight is 412 g/mol. The third-order valence-corrected chi connectivity index (χ3v) is 5.55. The molecule has 2 aromatic rings. The molecule has 154 valence electrons. The SMILES string of the molecule is CC(=O)NC(OC(C)=O)C(C)CCc1ccc(C#CCCCc2ccccc2)s1. The van der Waals surface area contributed by atoms with Crippen LogP contribution in [0, 0.1) is 17.8 Å². The third-order valence-electron chi connectivity index (χ3n) is 4.48. The second-order valence-electron chi connectivity index (χ2n) is 7.15. The Morgan fingerprint density at radius 2 is 1.86 bits per heavy atom. The summed E-state index contributed by atoms with van der Waals surface area (Å²) in [4.78, 5) is 24.9. The molecule has 2 rings (SSSR count). The maximum absolute atomic E-state index is 11.3. The third kappa shape index (κ3) is 8.97. The summed E-state index contributed by atoms with van der Waals surface area (Å²) < 4.78 is 5.23. The highest BCUT2D eigenvalue weighted by atomic mass is 32.1. The number of hydrogen-bond donors (Lipinski definition) is 1. The molecule has 0 saturated heterocycles. The monoisotopic (exact) mass is 411 g/mol. The summed E-state index contributed by atoms with van der Waals surface area (Å²) in [5.41, 5.74) is 1.35. The number of esters is 1. The highest BCUT2D eigenvalue weighted by Crippen LogP contribution is 2.21. The van der Waals surface area contributed by atoms with Gasteiger partial charge in [0, 0.05) is 31.1 Å².